The van der Waals surface area contributed by atoms with Gasteiger partial charge in [-0.15, -0.1) is 0 Å². The van der Waals surface area contributed by atoms with E-state index in [4.69, 9.17) is 4.74 Å². The highest BCUT2D eigenvalue weighted by Gasteiger charge is 2.45. The van der Waals surface area contributed by atoms with Gasteiger partial charge >= 0.3 is 0 Å². The molecule has 5 N–H and O–H groups in total. The van der Waals surface area contributed by atoms with Crippen molar-refractivity contribution in [2.45, 2.75) is 24.5 Å². The minimum Gasteiger partial charge on any atom is -0.393 e. The number of hydrogen-bond acceptors (Lipinski definition) is 7. The summed E-state index contributed by atoms with van der Waals surface area (Å²) in [7, 11) is 3.74. The van der Waals surface area contributed by atoms with Crippen LogP contribution in [0.4, 0.5) is 5.82 Å². The molecular formula is C12H19N6O3+. The fraction of sp³-hybridized carbons (Fsp3) is 0.583. The van der Waals surface area contributed by atoms with Crippen LogP contribution in [0, 0.1) is 0 Å². The number of fused-ring (bicyclic) bond motifs is 1. The maximum Gasteiger partial charge on any atom is 0.169 e. The molecule has 4 atom stereocenters. The third-order valence-electron chi connectivity index (χ3n) is 3.74. The van der Waals surface area contributed by atoms with E-state index >= 15 is 0 Å². The van der Waals surface area contributed by atoms with Crippen molar-refractivity contribution in [3.8, 4) is 0 Å². The second-order valence-electron chi connectivity index (χ2n) is 5.32. The van der Waals surface area contributed by atoms with E-state index in [1.165, 1.54) is 6.33 Å². The maximum absolute atomic E-state index is 10.3. The number of imidazole rings is 1. The van der Waals surface area contributed by atoms with Gasteiger partial charge in [0.05, 0.1) is 12.9 Å². The second-order valence-corrected chi connectivity index (χ2v) is 5.32. The summed E-state index contributed by atoms with van der Waals surface area (Å²) in [4.78, 5) is 14.6. The molecule has 3 rings (SSSR count). The van der Waals surface area contributed by atoms with Crippen molar-refractivity contribution in [1.29, 1.82) is 0 Å². The van der Waals surface area contributed by atoms with E-state index in [-0.39, 0.29) is 6.61 Å². The van der Waals surface area contributed by atoms with Gasteiger partial charge in [0.1, 0.15) is 18.5 Å². The monoisotopic (exact) mass is 295 g/mol. The lowest BCUT2D eigenvalue weighted by Gasteiger charge is -2.16. The van der Waals surface area contributed by atoms with Gasteiger partial charge in [-0.3, -0.25) is 4.57 Å². The number of quaternary nitrogens is 1. The first kappa shape index (κ1) is 14.1. The zero-order chi connectivity index (χ0) is 15.1. The molecule has 1 fully saturated rings. The van der Waals surface area contributed by atoms with Crippen molar-refractivity contribution in [3.63, 3.8) is 0 Å². The average molecular weight is 295 g/mol. The topological polar surface area (TPSA) is 124 Å². The van der Waals surface area contributed by atoms with Crippen LogP contribution in [0.5, 0.6) is 0 Å². The Hall–Kier alpha value is -1.81. The SMILES string of the molecule is CN(C)c1ncnc2c1ncn2[C@H]1O[C@@H](CO)[C@@H]([NH3+])[C@@H]1O. The first-order valence-corrected chi connectivity index (χ1v) is 6.67. The van der Waals surface area contributed by atoms with Crippen LogP contribution in [0.25, 0.3) is 11.2 Å². The smallest absolute Gasteiger partial charge is 0.169 e. The van der Waals surface area contributed by atoms with E-state index in [1.54, 1.807) is 10.9 Å². The Morgan fingerprint density at radius 2 is 2.14 bits per heavy atom. The summed E-state index contributed by atoms with van der Waals surface area (Å²) < 4.78 is 7.33. The summed E-state index contributed by atoms with van der Waals surface area (Å²) in [6.07, 6.45) is 1.00. The molecule has 0 aliphatic carbocycles. The summed E-state index contributed by atoms with van der Waals surface area (Å²) in [6, 6.07) is -0.410. The van der Waals surface area contributed by atoms with Gasteiger partial charge in [-0.05, 0) is 0 Å². The lowest BCUT2D eigenvalue weighted by Crippen LogP contribution is -2.69. The molecule has 21 heavy (non-hydrogen) atoms. The second kappa shape index (κ2) is 5.19. The molecule has 0 bridgehead atoms. The van der Waals surface area contributed by atoms with Crippen LogP contribution in [-0.4, -0.2) is 68.7 Å². The van der Waals surface area contributed by atoms with E-state index in [2.05, 4.69) is 20.7 Å². The van der Waals surface area contributed by atoms with Crippen LogP contribution in [0.1, 0.15) is 6.23 Å². The number of nitrogens with zero attached hydrogens (tertiary/aromatic N) is 5. The van der Waals surface area contributed by atoms with Gasteiger partial charge in [-0.2, -0.15) is 0 Å². The van der Waals surface area contributed by atoms with Gasteiger partial charge in [0.15, 0.2) is 29.3 Å². The molecule has 9 heteroatoms. The van der Waals surface area contributed by atoms with E-state index < -0.39 is 24.5 Å². The van der Waals surface area contributed by atoms with Crippen LogP contribution in [-0.2, 0) is 4.74 Å². The Balaban J connectivity index is 2.04. The molecule has 0 aromatic carbocycles. The number of anilines is 1. The fourth-order valence-corrected chi connectivity index (χ4v) is 2.55. The first-order chi connectivity index (χ1) is 10.0. The van der Waals surface area contributed by atoms with Crippen LogP contribution >= 0.6 is 0 Å². The summed E-state index contributed by atoms with van der Waals surface area (Å²) in [5.74, 6) is 0.691. The van der Waals surface area contributed by atoms with Gasteiger partial charge in [0.25, 0.3) is 0 Å². The van der Waals surface area contributed by atoms with Crippen molar-refractivity contribution in [2.75, 3.05) is 25.6 Å². The molecule has 1 aliphatic rings. The van der Waals surface area contributed by atoms with Gasteiger partial charge in [0.2, 0.25) is 0 Å². The Labute approximate surface area is 121 Å². The third kappa shape index (κ3) is 2.14. The van der Waals surface area contributed by atoms with E-state index in [1.807, 2.05) is 19.0 Å². The molecule has 9 nitrogen and oxygen atoms in total. The maximum atomic E-state index is 10.3. The quantitative estimate of drug-likeness (QED) is 0.584. The van der Waals surface area contributed by atoms with Gasteiger partial charge in [0, 0.05) is 14.1 Å². The predicted octanol–water partition coefficient (Wildman–Crippen LogP) is -2.25. The number of rotatable bonds is 3. The Morgan fingerprint density at radius 1 is 1.38 bits per heavy atom. The average Bonchev–Trinajstić information content (AvgIpc) is 3.01. The number of hydrogen-bond donors (Lipinski definition) is 3. The highest BCUT2D eigenvalue weighted by molar-refractivity contribution is 5.83. The third-order valence-corrected chi connectivity index (χ3v) is 3.74. The van der Waals surface area contributed by atoms with Gasteiger partial charge in [-0.25, -0.2) is 15.0 Å². The van der Waals surface area contributed by atoms with Crippen molar-refractivity contribution >= 4 is 17.0 Å². The molecular weight excluding hydrogens is 276 g/mol. The molecule has 2 aromatic rings. The Bertz CT molecular complexity index is 645. The van der Waals surface area contributed by atoms with Crippen molar-refractivity contribution in [1.82, 2.24) is 19.5 Å². The molecule has 3 heterocycles. The van der Waals surface area contributed by atoms with E-state index in [0.717, 1.165) is 0 Å². The number of aliphatic hydroxyl groups excluding tert-OH is 2. The molecule has 2 aromatic heterocycles. The molecule has 0 spiro atoms. The van der Waals surface area contributed by atoms with Gasteiger partial charge < -0.3 is 25.6 Å². The van der Waals surface area contributed by atoms with E-state index in [0.29, 0.717) is 17.0 Å². The summed E-state index contributed by atoms with van der Waals surface area (Å²) in [6.45, 7) is -0.188. The number of ether oxygens (including phenoxy) is 1. The lowest BCUT2D eigenvalue weighted by atomic mass is 10.1. The van der Waals surface area contributed by atoms with Crippen molar-refractivity contribution < 1.29 is 20.7 Å². The van der Waals surface area contributed by atoms with Crippen molar-refractivity contribution in [3.05, 3.63) is 12.7 Å². The summed E-state index contributed by atoms with van der Waals surface area (Å²) in [5, 5.41) is 19.5. The normalized spacial score (nSPS) is 29.2. The summed E-state index contributed by atoms with van der Waals surface area (Å²) in [5.41, 5.74) is 5.05. The zero-order valence-corrected chi connectivity index (χ0v) is 11.9. The van der Waals surface area contributed by atoms with E-state index in [9.17, 15) is 10.2 Å². The molecule has 1 saturated heterocycles. The number of aliphatic hydroxyl groups is 2. The zero-order valence-electron chi connectivity index (χ0n) is 11.9. The largest absolute Gasteiger partial charge is 0.393 e. The summed E-state index contributed by atoms with van der Waals surface area (Å²) >= 11 is 0. The van der Waals surface area contributed by atoms with Crippen LogP contribution < -0.4 is 10.6 Å². The molecule has 1 aliphatic heterocycles. The molecule has 114 valence electrons. The standard InChI is InChI=1S/C12H18N6O3/c1-17(2)10-8-11(15-4-14-10)18(5-16-8)12-9(20)7(13)6(3-19)21-12/h4-7,9,12,19-20H,3,13H2,1-2H3/p+1/t6-,7+,9-,12-/m0/s1. The lowest BCUT2D eigenvalue weighted by molar-refractivity contribution is -0.441. The minimum absolute atomic E-state index is 0.188. The highest BCUT2D eigenvalue weighted by atomic mass is 16.5. The van der Waals surface area contributed by atoms with Gasteiger partial charge in [-0.1, -0.05) is 0 Å². The molecule has 0 amide bonds. The molecule has 0 radical (unpaired) electrons. The van der Waals surface area contributed by atoms with Crippen molar-refractivity contribution in [2.24, 2.45) is 0 Å². The Morgan fingerprint density at radius 3 is 2.76 bits per heavy atom. The predicted molar refractivity (Wildman–Crippen MR) is 73.3 cm³/mol. The fourth-order valence-electron chi connectivity index (χ4n) is 2.55. The highest BCUT2D eigenvalue weighted by Crippen LogP contribution is 2.30. The first-order valence-electron chi connectivity index (χ1n) is 6.67. The van der Waals surface area contributed by atoms with Crippen LogP contribution in [0.2, 0.25) is 0 Å². The number of aromatic nitrogens is 4. The van der Waals surface area contributed by atoms with Crippen LogP contribution in [0.15, 0.2) is 12.7 Å². The van der Waals surface area contributed by atoms with Crippen LogP contribution in [0.3, 0.4) is 0 Å². The molecule has 0 saturated carbocycles. The molecule has 0 unspecified atom stereocenters. The minimum atomic E-state index is -0.836. The Kier molecular flexibility index (Phi) is 3.49.